The molecule has 1 aromatic rings. The zero-order valence-electron chi connectivity index (χ0n) is 13.9. The Morgan fingerprint density at radius 3 is 2.75 bits per heavy atom. The zero-order chi connectivity index (χ0) is 17.2. The Morgan fingerprint density at radius 1 is 1.42 bits per heavy atom. The monoisotopic (exact) mass is 358 g/mol. The molecule has 1 aromatic carbocycles. The van der Waals surface area contributed by atoms with Gasteiger partial charge in [0.25, 0.3) is 0 Å². The van der Waals surface area contributed by atoms with Gasteiger partial charge in [-0.05, 0) is 25.8 Å². The van der Waals surface area contributed by atoms with Gasteiger partial charge >= 0.3 is 5.97 Å². The summed E-state index contributed by atoms with van der Waals surface area (Å²) in [4.78, 5) is 23.4. The maximum Gasteiger partial charge on any atom is 0.306 e. The maximum atomic E-state index is 14.5. The summed E-state index contributed by atoms with van der Waals surface area (Å²) in [6, 6.07) is 4.86. The van der Waals surface area contributed by atoms with Gasteiger partial charge in [-0.15, -0.1) is 19.0 Å². The number of carbonyl (C=O) groups excluding carboxylic acids is 2. The molecule has 0 aliphatic heterocycles. The van der Waals surface area contributed by atoms with E-state index in [-0.39, 0.29) is 37.1 Å². The summed E-state index contributed by atoms with van der Waals surface area (Å²) in [6.45, 7) is 7.59. The standard InChI is InChI=1S/C17H23FN2O3.ClH/c1-4-11-19-20-17(22)12(3)14-8-6-7-13(16(14)18)9-10-15(21)23-5-2;/h4,6-8,12,19H,1,5,9-11H2,2-3H3,(H,20,22);1H. The molecule has 0 heterocycles. The van der Waals surface area contributed by atoms with Crippen LogP contribution in [0.3, 0.4) is 0 Å². The molecule has 2 N–H and O–H groups in total. The molecular weight excluding hydrogens is 335 g/mol. The summed E-state index contributed by atoms with van der Waals surface area (Å²) >= 11 is 0. The van der Waals surface area contributed by atoms with Crippen molar-refractivity contribution >= 4 is 24.3 Å². The first-order chi connectivity index (χ1) is 11.0. The Labute approximate surface area is 148 Å². The summed E-state index contributed by atoms with van der Waals surface area (Å²) < 4.78 is 19.4. The predicted molar refractivity (Wildman–Crippen MR) is 93.4 cm³/mol. The Hall–Kier alpha value is -1.92. The minimum atomic E-state index is -0.658. The minimum Gasteiger partial charge on any atom is -0.466 e. The Balaban J connectivity index is 0.00000529. The Bertz CT molecular complexity index is 567. The van der Waals surface area contributed by atoms with Gasteiger partial charge < -0.3 is 4.74 Å². The van der Waals surface area contributed by atoms with Crippen molar-refractivity contribution in [2.45, 2.75) is 32.6 Å². The van der Waals surface area contributed by atoms with Gasteiger partial charge in [-0.1, -0.05) is 24.3 Å². The number of rotatable bonds is 9. The van der Waals surface area contributed by atoms with E-state index in [9.17, 15) is 14.0 Å². The Kier molecular flexibility index (Phi) is 10.7. The molecule has 1 atom stereocenters. The predicted octanol–water partition coefficient (Wildman–Crippen LogP) is 2.65. The zero-order valence-corrected chi connectivity index (χ0v) is 14.7. The van der Waals surface area contributed by atoms with E-state index < -0.39 is 11.7 Å². The third kappa shape index (κ3) is 6.68. The van der Waals surface area contributed by atoms with Gasteiger partial charge in [-0.2, -0.15) is 0 Å². The molecule has 0 aliphatic carbocycles. The molecule has 1 amide bonds. The largest absolute Gasteiger partial charge is 0.466 e. The minimum absolute atomic E-state index is 0. The summed E-state index contributed by atoms with van der Waals surface area (Å²) in [6.07, 6.45) is 1.94. The molecule has 134 valence electrons. The Morgan fingerprint density at radius 2 is 2.12 bits per heavy atom. The average Bonchev–Trinajstić information content (AvgIpc) is 2.53. The second-order valence-electron chi connectivity index (χ2n) is 5.01. The summed E-state index contributed by atoms with van der Waals surface area (Å²) in [5, 5.41) is 0. The van der Waals surface area contributed by atoms with Gasteiger partial charge in [-0.3, -0.25) is 15.0 Å². The van der Waals surface area contributed by atoms with Crippen LogP contribution in [-0.4, -0.2) is 25.0 Å². The molecule has 0 aromatic heterocycles. The molecule has 0 radical (unpaired) electrons. The van der Waals surface area contributed by atoms with Crippen molar-refractivity contribution in [2.75, 3.05) is 13.2 Å². The second-order valence-corrected chi connectivity index (χ2v) is 5.01. The number of ether oxygens (including phenoxy) is 1. The number of hydrogen-bond acceptors (Lipinski definition) is 4. The molecule has 0 saturated carbocycles. The van der Waals surface area contributed by atoms with Crippen molar-refractivity contribution in [2.24, 2.45) is 0 Å². The van der Waals surface area contributed by atoms with Crippen LogP contribution in [-0.2, 0) is 20.7 Å². The molecule has 0 spiro atoms. The summed E-state index contributed by atoms with van der Waals surface area (Å²) in [7, 11) is 0. The molecule has 5 nitrogen and oxygen atoms in total. The highest BCUT2D eigenvalue weighted by molar-refractivity contribution is 5.85. The van der Waals surface area contributed by atoms with Crippen molar-refractivity contribution in [3.8, 4) is 0 Å². The normalized spacial score (nSPS) is 11.1. The van der Waals surface area contributed by atoms with Crippen LogP contribution in [0.1, 0.15) is 37.3 Å². The van der Waals surface area contributed by atoms with E-state index in [2.05, 4.69) is 17.4 Å². The molecular formula is C17H24ClFN2O3. The van der Waals surface area contributed by atoms with E-state index in [1.165, 1.54) is 0 Å². The lowest BCUT2D eigenvalue weighted by molar-refractivity contribution is -0.143. The molecule has 24 heavy (non-hydrogen) atoms. The fourth-order valence-electron chi connectivity index (χ4n) is 2.06. The number of carbonyl (C=O) groups is 2. The lowest BCUT2D eigenvalue weighted by Gasteiger charge is -2.15. The fourth-order valence-corrected chi connectivity index (χ4v) is 2.06. The average molecular weight is 359 g/mol. The number of nitrogens with one attached hydrogen (secondary N) is 2. The molecule has 1 rings (SSSR count). The van der Waals surface area contributed by atoms with Crippen LogP contribution < -0.4 is 10.9 Å². The highest BCUT2D eigenvalue weighted by Gasteiger charge is 2.20. The van der Waals surface area contributed by atoms with Crippen molar-refractivity contribution < 1.29 is 18.7 Å². The quantitative estimate of drug-likeness (QED) is 0.308. The van der Waals surface area contributed by atoms with E-state index in [0.717, 1.165) is 0 Å². The van der Waals surface area contributed by atoms with Gasteiger partial charge in [0.05, 0.1) is 12.5 Å². The van der Waals surface area contributed by atoms with Crippen LogP contribution >= 0.6 is 12.4 Å². The fraction of sp³-hybridized carbons (Fsp3) is 0.412. The van der Waals surface area contributed by atoms with Crippen LogP contribution in [0.2, 0.25) is 0 Å². The van der Waals surface area contributed by atoms with Gasteiger partial charge in [0.2, 0.25) is 5.91 Å². The highest BCUT2D eigenvalue weighted by atomic mass is 35.5. The van der Waals surface area contributed by atoms with Crippen molar-refractivity contribution in [3.63, 3.8) is 0 Å². The van der Waals surface area contributed by atoms with Gasteiger partial charge in [0, 0.05) is 18.5 Å². The lowest BCUT2D eigenvalue weighted by Crippen LogP contribution is -2.40. The number of aryl methyl sites for hydroxylation is 1. The van der Waals surface area contributed by atoms with Crippen LogP contribution in [0, 0.1) is 5.82 Å². The molecule has 0 aliphatic rings. The number of benzene rings is 1. The lowest BCUT2D eigenvalue weighted by atomic mass is 9.96. The van der Waals surface area contributed by atoms with E-state index in [0.29, 0.717) is 24.3 Å². The topological polar surface area (TPSA) is 67.4 Å². The van der Waals surface area contributed by atoms with Crippen molar-refractivity contribution in [1.29, 1.82) is 0 Å². The second kappa shape index (κ2) is 11.6. The van der Waals surface area contributed by atoms with Crippen LogP contribution in [0.5, 0.6) is 0 Å². The van der Waals surface area contributed by atoms with Crippen molar-refractivity contribution in [3.05, 3.63) is 47.8 Å². The van der Waals surface area contributed by atoms with E-state index >= 15 is 0 Å². The van der Waals surface area contributed by atoms with Crippen LogP contribution in [0.25, 0.3) is 0 Å². The summed E-state index contributed by atoms with van der Waals surface area (Å²) in [5.74, 6) is -1.82. The van der Waals surface area contributed by atoms with E-state index in [1.54, 1.807) is 38.1 Å². The van der Waals surface area contributed by atoms with Crippen LogP contribution in [0.4, 0.5) is 4.39 Å². The SMILES string of the molecule is C=CCNNC(=O)C(C)c1cccc(CCC(=O)OCC)c1F.Cl. The summed E-state index contributed by atoms with van der Waals surface area (Å²) in [5.41, 5.74) is 5.86. The third-order valence-corrected chi connectivity index (χ3v) is 3.33. The van der Waals surface area contributed by atoms with Gasteiger partial charge in [-0.25, -0.2) is 9.82 Å². The first kappa shape index (κ1) is 22.1. The first-order valence-corrected chi connectivity index (χ1v) is 7.57. The number of esters is 1. The van der Waals surface area contributed by atoms with Crippen molar-refractivity contribution in [1.82, 2.24) is 10.9 Å². The van der Waals surface area contributed by atoms with E-state index in [4.69, 9.17) is 4.74 Å². The number of amides is 1. The van der Waals surface area contributed by atoms with Gasteiger partial charge in [0.15, 0.2) is 0 Å². The third-order valence-electron chi connectivity index (χ3n) is 3.33. The van der Waals surface area contributed by atoms with E-state index in [1.807, 2.05) is 0 Å². The first-order valence-electron chi connectivity index (χ1n) is 7.57. The molecule has 0 saturated heterocycles. The highest BCUT2D eigenvalue weighted by Crippen LogP contribution is 2.22. The van der Waals surface area contributed by atoms with Crippen LogP contribution in [0.15, 0.2) is 30.9 Å². The molecule has 7 heteroatoms. The number of halogens is 2. The smallest absolute Gasteiger partial charge is 0.306 e. The van der Waals surface area contributed by atoms with Gasteiger partial charge in [0.1, 0.15) is 5.82 Å². The maximum absolute atomic E-state index is 14.5. The molecule has 0 fully saturated rings. The number of hydrogen-bond donors (Lipinski definition) is 2. The molecule has 0 bridgehead atoms. The molecule has 1 unspecified atom stereocenters. The number of hydrazine groups is 1.